The smallest absolute Gasteiger partial charge is 0.203 e. The number of anilines is 1. The van der Waals surface area contributed by atoms with Gasteiger partial charge in [-0.25, -0.2) is 4.98 Å². The zero-order valence-corrected chi connectivity index (χ0v) is 10.4. The fourth-order valence-electron chi connectivity index (χ4n) is 1.89. The van der Waals surface area contributed by atoms with Crippen LogP contribution in [0.4, 0.5) is 5.95 Å². The van der Waals surface area contributed by atoms with E-state index < -0.39 is 0 Å². The van der Waals surface area contributed by atoms with Crippen LogP contribution in [0.1, 0.15) is 31.5 Å². The standard InChI is InChI=1S/C12H21N3O/c1-9(8-16-3)6-13-12-14-10(2)7-15(12)11-4-5-11/h7,9,11H,4-6,8H2,1-3H3,(H,13,14). The van der Waals surface area contributed by atoms with Crippen molar-refractivity contribution in [3.63, 3.8) is 0 Å². The number of imidazole rings is 1. The van der Waals surface area contributed by atoms with E-state index in [2.05, 4.69) is 28.0 Å². The Morgan fingerprint density at radius 1 is 1.62 bits per heavy atom. The first-order valence-corrected chi connectivity index (χ1v) is 5.99. The quantitative estimate of drug-likeness (QED) is 0.803. The maximum absolute atomic E-state index is 5.12. The first-order valence-electron chi connectivity index (χ1n) is 5.99. The Labute approximate surface area is 97.0 Å². The van der Waals surface area contributed by atoms with E-state index in [4.69, 9.17) is 4.74 Å². The molecule has 0 spiro atoms. The normalized spacial score (nSPS) is 17.4. The third-order valence-corrected chi connectivity index (χ3v) is 2.85. The van der Waals surface area contributed by atoms with Crippen molar-refractivity contribution in [1.29, 1.82) is 0 Å². The third kappa shape index (κ3) is 2.76. The van der Waals surface area contributed by atoms with E-state index in [0.29, 0.717) is 12.0 Å². The summed E-state index contributed by atoms with van der Waals surface area (Å²) >= 11 is 0. The van der Waals surface area contributed by atoms with Crippen molar-refractivity contribution in [2.75, 3.05) is 25.6 Å². The molecule has 1 aliphatic rings. The van der Waals surface area contributed by atoms with Gasteiger partial charge in [-0.2, -0.15) is 0 Å². The first-order chi connectivity index (χ1) is 7.70. The highest BCUT2D eigenvalue weighted by atomic mass is 16.5. The van der Waals surface area contributed by atoms with E-state index in [-0.39, 0.29) is 0 Å². The summed E-state index contributed by atoms with van der Waals surface area (Å²) in [5.41, 5.74) is 1.09. The Bertz CT molecular complexity index is 344. The number of hydrogen-bond acceptors (Lipinski definition) is 3. The van der Waals surface area contributed by atoms with Crippen LogP contribution in [0.15, 0.2) is 6.20 Å². The molecule has 16 heavy (non-hydrogen) atoms. The van der Waals surface area contributed by atoms with Crippen LogP contribution in [0, 0.1) is 12.8 Å². The predicted octanol–water partition coefficient (Wildman–Crippen LogP) is 2.22. The molecule has 1 fully saturated rings. The van der Waals surface area contributed by atoms with Gasteiger partial charge in [0.25, 0.3) is 0 Å². The molecule has 0 aliphatic heterocycles. The second-order valence-corrected chi connectivity index (χ2v) is 4.79. The van der Waals surface area contributed by atoms with Gasteiger partial charge in [-0.15, -0.1) is 0 Å². The highest BCUT2D eigenvalue weighted by Crippen LogP contribution is 2.37. The molecule has 4 nitrogen and oxygen atoms in total. The molecule has 1 heterocycles. The summed E-state index contributed by atoms with van der Waals surface area (Å²) in [6, 6.07) is 0.682. The minimum absolute atomic E-state index is 0.509. The highest BCUT2D eigenvalue weighted by Gasteiger charge is 2.26. The van der Waals surface area contributed by atoms with Gasteiger partial charge in [0.05, 0.1) is 12.3 Å². The Hall–Kier alpha value is -1.03. The molecule has 1 N–H and O–H groups in total. The van der Waals surface area contributed by atoms with Crippen LogP contribution in [-0.4, -0.2) is 29.8 Å². The summed E-state index contributed by atoms with van der Waals surface area (Å²) in [4.78, 5) is 4.52. The fraction of sp³-hybridized carbons (Fsp3) is 0.750. The van der Waals surface area contributed by atoms with Crippen molar-refractivity contribution >= 4 is 5.95 Å². The monoisotopic (exact) mass is 223 g/mol. The molecule has 0 saturated heterocycles. The lowest BCUT2D eigenvalue weighted by molar-refractivity contribution is 0.164. The van der Waals surface area contributed by atoms with Gasteiger partial charge in [0.2, 0.25) is 5.95 Å². The maximum Gasteiger partial charge on any atom is 0.203 e. The molecule has 0 amide bonds. The SMILES string of the molecule is COCC(C)CNc1nc(C)cn1C1CC1. The number of hydrogen-bond donors (Lipinski definition) is 1. The average Bonchev–Trinajstić information content (AvgIpc) is 3.01. The van der Waals surface area contributed by atoms with Gasteiger partial charge in [0.1, 0.15) is 0 Å². The largest absolute Gasteiger partial charge is 0.384 e. The Morgan fingerprint density at radius 3 is 3.00 bits per heavy atom. The summed E-state index contributed by atoms with van der Waals surface area (Å²) < 4.78 is 7.39. The Morgan fingerprint density at radius 2 is 2.38 bits per heavy atom. The van der Waals surface area contributed by atoms with E-state index in [1.165, 1.54) is 12.8 Å². The van der Waals surface area contributed by atoms with Crippen LogP contribution in [0.2, 0.25) is 0 Å². The molecule has 0 aromatic carbocycles. The molecular formula is C12H21N3O. The Kier molecular flexibility index (Phi) is 3.49. The topological polar surface area (TPSA) is 39.1 Å². The second kappa shape index (κ2) is 4.87. The number of methoxy groups -OCH3 is 1. The lowest BCUT2D eigenvalue weighted by Gasteiger charge is -2.13. The van der Waals surface area contributed by atoms with E-state index in [1.54, 1.807) is 7.11 Å². The fourth-order valence-corrected chi connectivity index (χ4v) is 1.89. The van der Waals surface area contributed by atoms with Crippen molar-refractivity contribution in [2.24, 2.45) is 5.92 Å². The van der Waals surface area contributed by atoms with Crippen LogP contribution in [0.5, 0.6) is 0 Å². The molecule has 0 bridgehead atoms. The van der Waals surface area contributed by atoms with Crippen LogP contribution < -0.4 is 5.32 Å². The zero-order valence-electron chi connectivity index (χ0n) is 10.4. The molecule has 2 rings (SSSR count). The molecular weight excluding hydrogens is 202 g/mol. The van der Waals surface area contributed by atoms with E-state index in [9.17, 15) is 0 Å². The molecule has 1 aromatic heterocycles. The summed E-state index contributed by atoms with van der Waals surface area (Å²) in [5.74, 6) is 1.53. The van der Waals surface area contributed by atoms with Gasteiger partial charge in [0.15, 0.2) is 0 Å². The van der Waals surface area contributed by atoms with E-state index in [0.717, 1.165) is 24.8 Å². The number of rotatable bonds is 6. The summed E-state index contributed by atoms with van der Waals surface area (Å²) in [6.07, 6.45) is 4.72. The number of aromatic nitrogens is 2. The average molecular weight is 223 g/mol. The van der Waals surface area contributed by atoms with Gasteiger partial charge < -0.3 is 14.6 Å². The molecule has 1 aromatic rings. The molecule has 4 heteroatoms. The van der Waals surface area contributed by atoms with Gasteiger partial charge in [-0.05, 0) is 25.7 Å². The van der Waals surface area contributed by atoms with Crippen LogP contribution >= 0.6 is 0 Å². The van der Waals surface area contributed by atoms with Gasteiger partial charge >= 0.3 is 0 Å². The summed E-state index contributed by atoms with van der Waals surface area (Å²) in [7, 11) is 1.74. The molecule has 90 valence electrons. The molecule has 1 atom stereocenters. The molecule has 1 saturated carbocycles. The Balaban J connectivity index is 1.92. The summed E-state index contributed by atoms with van der Waals surface area (Å²) in [6.45, 7) is 5.92. The number of ether oxygens (including phenoxy) is 1. The van der Waals surface area contributed by atoms with Crippen LogP contribution in [0.3, 0.4) is 0 Å². The molecule has 0 radical (unpaired) electrons. The highest BCUT2D eigenvalue weighted by molar-refractivity contribution is 5.30. The van der Waals surface area contributed by atoms with Crippen molar-refractivity contribution < 1.29 is 4.74 Å². The van der Waals surface area contributed by atoms with Crippen molar-refractivity contribution in [1.82, 2.24) is 9.55 Å². The van der Waals surface area contributed by atoms with E-state index >= 15 is 0 Å². The minimum atomic E-state index is 0.509. The van der Waals surface area contributed by atoms with Crippen molar-refractivity contribution in [2.45, 2.75) is 32.7 Å². The molecule has 1 unspecified atom stereocenters. The van der Waals surface area contributed by atoms with Gasteiger partial charge in [-0.3, -0.25) is 0 Å². The van der Waals surface area contributed by atoms with E-state index in [1.807, 2.05) is 6.92 Å². The van der Waals surface area contributed by atoms with Gasteiger partial charge in [0, 0.05) is 25.9 Å². The summed E-state index contributed by atoms with van der Waals surface area (Å²) in [5, 5.41) is 3.41. The van der Waals surface area contributed by atoms with Crippen LogP contribution in [0.25, 0.3) is 0 Å². The van der Waals surface area contributed by atoms with Crippen molar-refractivity contribution in [3.05, 3.63) is 11.9 Å². The lowest BCUT2D eigenvalue weighted by atomic mass is 10.2. The second-order valence-electron chi connectivity index (χ2n) is 4.79. The maximum atomic E-state index is 5.12. The van der Waals surface area contributed by atoms with Crippen LogP contribution in [-0.2, 0) is 4.74 Å². The lowest BCUT2D eigenvalue weighted by Crippen LogP contribution is -2.17. The number of aryl methyl sites for hydroxylation is 1. The predicted molar refractivity (Wildman–Crippen MR) is 64.8 cm³/mol. The number of nitrogens with zero attached hydrogens (tertiary/aromatic N) is 2. The zero-order chi connectivity index (χ0) is 11.5. The first kappa shape index (κ1) is 11.5. The number of nitrogens with one attached hydrogen (secondary N) is 1. The third-order valence-electron chi connectivity index (χ3n) is 2.85. The van der Waals surface area contributed by atoms with Crippen molar-refractivity contribution in [3.8, 4) is 0 Å². The minimum Gasteiger partial charge on any atom is -0.384 e. The molecule has 1 aliphatic carbocycles. The van der Waals surface area contributed by atoms with Gasteiger partial charge in [-0.1, -0.05) is 6.92 Å².